The zero-order valence-electron chi connectivity index (χ0n) is 11.0. The first kappa shape index (κ1) is 15.1. The number of benzene rings is 1. The van der Waals surface area contributed by atoms with E-state index >= 15 is 0 Å². The van der Waals surface area contributed by atoms with Gasteiger partial charge < -0.3 is 10.4 Å². The first-order valence-corrected chi connectivity index (χ1v) is 6.45. The van der Waals surface area contributed by atoms with Crippen molar-refractivity contribution < 1.29 is 23.6 Å². The number of amides is 1. The Labute approximate surface area is 118 Å². The molecule has 114 valence electrons. The molecule has 2 N–H and O–H groups in total. The average molecular weight is 300 g/mol. The van der Waals surface area contributed by atoms with Gasteiger partial charge in [0.25, 0.3) is 5.69 Å². The van der Waals surface area contributed by atoms with Gasteiger partial charge >= 0.3 is 0 Å². The maximum absolute atomic E-state index is 13.0. The van der Waals surface area contributed by atoms with Crippen LogP contribution in [0.1, 0.15) is 25.7 Å². The van der Waals surface area contributed by atoms with Crippen LogP contribution in [0.3, 0.4) is 0 Å². The summed E-state index contributed by atoms with van der Waals surface area (Å²) < 4.78 is 26.1. The lowest BCUT2D eigenvalue weighted by Crippen LogP contribution is -2.32. The summed E-state index contributed by atoms with van der Waals surface area (Å²) in [6.07, 6.45) is -0.734. The fourth-order valence-electron chi connectivity index (χ4n) is 2.34. The Morgan fingerprint density at radius 2 is 2.00 bits per heavy atom. The van der Waals surface area contributed by atoms with Gasteiger partial charge in [0, 0.05) is 24.8 Å². The molecule has 1 aromatic rings. The predicted octanol–water partition coefficient (Wildman–Crippen LogP) is 3.06. The van der Waals surface area contributed by atoms with E-state index in [2.05, 4.69) is 5.32 Å². The Kier molecular flexibility index (Phi) is 4.06. The summed E-state index contributed by atoms with van der Waals surface area (Å²) in [5.74, 6) is -4.41. The third-order valence-electron chi connectivity index (χ3n) is 3.55. The van der Waals surface area contributed by atoms with Crippen molar-refractivity contribution in [1.29, 1.82) is 0 Å². The molecule has 0 unspecified atom stereocenters. The monoisotopic (exact) mass is 300 g/mol. The topological polar surface area (TPSA) is 92.5 Å². The largest absolute Gasteiger partial charge is 0.505 e. The number of nitro benzene ring substituents is 1. The van der Waals surface area contributed by atoms with E-state index in [-0.39, 0.29) is 31.4 Å². The number of phenolic OH excluding ortho intramolecular Hbond substituents is 1. The zero-order chi connectivity index (χ0) is 15.6. The standard InChI is InChI=1S/C13H14F2N2O4/c14-13(15)6-4-8(5-7-13)12(19)16-11-9(17(20)21)2-1-3-10(11)18/h1-3,8,18H,4-7H2,(H,16,19). The predicted molar refractivity (Wildman–Crippen MR) is 70.3 cm³/mol. The van der Waals surface area contributed by atoms with Crippen molar-refractivity contribution in [2.45, 2.75) is 31.6 Å². The van der Waals surface area contributed by atoms with Gasteiger partial charge in [-0.2, -0.15) is 0 Å². The molecule has 0 radical (unpaired) electrons. The van der Waals surface area contributed by atoms with E-state index in [0.29, 0.717) is 0 Å². The van der Waals surface area contributed by atoms with Gasteiger partial charge in [-0.1, -0.05) is 6.07 Å². The van der Waals surface area contributed by atoms with Crippen LogP contribution < -0.4 is 5.32 Å². The zero-order valence-corrected chi connectivity index (χ0v) is 11.0. The lowest BCUT2D eigenvalue weighted by Gasteiger charge is -2.27. The van der Waals surface area contributed by atoms with Crippen molar-refractivity contribution >= 4 is 17.3 Å². The quantitative estimate of drug-likeness (QED) is 0.509. The Morgan fingerprint density at radius 3 is 2.57 bits per heavy atom. The molecule has 2 rings (SSSR count). The van der Waals surface area contributed by atoms with Crippen molar-refractivity contribution in [3.63, 3.8) is 0 Å². The van der Waals surface area contributed by atoms with Crippen LogP contribution in [0, 0.1) is 16.0 Å². The van der Waals surface area contributed by atoms with Gasteiger partial charge in [-0.15, -0.1) is 0 Å². The van der Waals surface area contributed by atoms with Gasteiger partial charge in [-0.3, -0.25) is 14.9 Å². The van der Waals surface area contributed by atoms with E-state index < -0.39 is 34.1 Å². The molecule has 0 bridgehead atoms. The van der Waals surface area contributed by atoms with Crippen LogP contribution >= 0.6 is 0 Å². The molecule has 8 heteroatoms. The van der Waals surface area contributed by atoms with Crippen molar-refractivity contribution in [1.82, 2.24) is 0 Å². The van der Waals surface area contributed by atoms with Crippen LogP contribution in [0.15, 0.2) is 18.2 Å². The number of nitrogens with one attached hydrogen (secondary N) is 1. The van der Waals surface area contributed by atoms with Crippen molar-refractivity contribution in [3.8, 4) is 5.75 Å². The lowest BCUT2D eigenvalue weighted by molar-refractivity contribution is -0.384. The molecule has 21 heavy (non-hydrogen) atoms. The molecule has 1 aliphatic carbocycles. The first-order chi connectivity index (χ1) is 9.80. The summed E-state index contributed by atoms with van der Waals surface area (Å²) in [6.45, 7) is 0. The maximum atomic E-state index is 13.0. The van der Waals surface area contributed by atoms with Crippen LogP contribution in [-0.4, -0.2) is 21.9 Å². The second-order valence-electron chi connectivity index (χ2n) is 5.05. The van der Waals surface area contributed by atoms with Gasteiger partial charge in [0.1, 0.15) is 5.75 Å². The molecule has 0 aromatic heterocycles. The Balaban J connectivity index is 2.12. The molecule has 0 aliphatic heterocycles. The Bertz CT molecular complexity index is 567. The molecular weight excluding hydrogens is 286 g/mol. The number of alkyl halides is 2. The maximum Gasteiger partial charge on any atom is 0.296 e. The third kappa shape index (κ3) is 3.45. The number of halogens is 2. The number of rotatable bonds is 3. The molecule has 0 heterocycles. The number of carbonyl (C=O) groups is 1. The number of nitro groups is 1. The van der Waals surface area contributed by atoms with E-state index in [9.17, 15) is 28.8 Å². The van der Waals surface area contributed by atoms with Crippen molar-refractivity contribution in [2.75, 3.05) is 5.32 Å². The number of hydrogen-bond donors (Lipinski definition) is 2. The summed E-state index contributed by atoms with van der Waals surface area (Å²) in [7, 11) is 0. The Hall–Kier alpha value is -2.25. The number of carbonyl (C=O) groups excluding carboxylic acids is 1. The van der Waals surface area contributed by atoms with Crippen molar-refractivity contribution in [3.05, 3.63) is 28.3 Å². The van der Waals surface area contributed by atoms with Crippen molar-refractivity contribution in [2.24, 2.45) is 5.92 Å². The fraction of sp³-hybridized carbons (Fsp3) is 0.462. The summed E-state index contributed by atoms with van der Waals surface area (Å²) in [6, 6.07) is 3.63. The normalized spacial score (nSPS) is 18.2. The highest BCUT2D eigenvalue weighted by Gasteiger charge is 2.37. The van der Waals surface area contributed by atoms with E-state index in [1.165, 1.54) is 12.1 Å². The highest BCUT2D eigenvalue weighted by Crippen LogP contribution is 2.38. The van der Waals surface area contributed by atoms with Crippen LogP contribution in [0.5, 0.6) is 5.75 Å². The van der Waals surface area contributed by atoms with Crippen LogP contribution in [0.2, 0.25) is 0 Å². The molecule has 6 nitrogen and oxygen atoms in total. The third-order valence-corrected chi connectivity index (χ3v) is 3.55. The van der Waals surface area contributed by atoms with Gasteiger partial charge in [-0.25, -0.2) is 8.78 Å². The van der Waals surface area contributed by atoms with E-state index in [1.54, 1.807) is 0 Å². The number of para-hydroxylation sites is 1. The second-order valence-corrected chi connectivity index (χ2v) is 5.05. The number of phenols is 1. The van der Waals surface area contributed by atoms with Crippen LogP contribution in [0.4, 0.5) is 20.2 Å². The van der Waals surface area contributed by atoms with E-state index in [4.69, 9.17) is 0 Å². The average Bonchev–Trinajstić information content (AvgIpc) is 2.40. The molecule has 1 aromatic carbocycles. The van der Waals surface area contributed by atoms with Gasteiger partial charge in [0.2, 0.25) is 11.8 Å². The second kappa shape index (κ2) is 5.63. The lowest BCUT2D eigenvalue weighted by atomic mass is 9.86. The Morgan fingerprint density at radius 1 is 1.38 bits per heavy atom. The van der Waals surface area contributed by atoms with Gasteiger partial charge in [0.15, 0.2) is 5.69 Å². The molecule has 0 saturated heterocycles. The number of nitrogens with zero attached hydrogens (tertiary/aromatic N) is 1. The summed E-state index contributed by atoms with van der Waals surface area (Å²) in [4.78, 5) is 22.1. The minimum Gasteiger partial charge on any atom is -0.505 e. The smallest absolute Gasteiger partial charge is 0.296 e. The van der Waals surface area contributed by atoms with Gasteiger partial charge in [-0.05, 0) is 18.9 Å². The fourth-order valence-corrected chi connectivity index (χ4v) is 2.34. The molecule has 0 atom stereocenters. The number of anilines is 1. The SMILES string of the molecule is O=C(Nc1c(O)cccc1[N+](=O)[O-])C1CCC(F)(F)CC1. The molecule has 1 fully saturated rings. The molecule has 1 amide bonds. The van der Waals surface area contributed by atoms with Crippen LogP contribution in [-0.2, 0) is 4.79 Å². The molecule has 1 saturated carbocycles. The summed E-state index contributed by atoms with van der Waals surface area (Å²) >= 11 is 0. The van der Waals surface area contributed by atoms with Gasteiger partial charge in [0.05, 0.1) is 4.92 Å². The van der Waals surface area contributed by atoms with E-state index in [0.717, 1.165) is 6.07 Å². The van der Waals surface area contributed by atoms with Crippen LogP contribution in [0.25, 0.3) is 0 Å². The molecular formula is C13H14F2N2O4. The molecule has 0 spiro atoms. The minimum atomic E-state index is -2.75. The highest BCUT2D eigenvalue weighted by molar-refractivity contribution is 5.96. The minimum absolute atomic E-state index is 0.0141. The van der Waals surface area contributed by atoms with E-state index in [1.807, 2.05) is 0 Å². The first-order valence-electron chi connectivity index (χ1n) is 6.45. The number of hydrogen-bond acceptors (Lipinski definition) is 4. The molecule has 1 aliphatic rings. The summed E-state index contributed by atoms with van der Waals surface area (Å²) in [5.41, 5.74) is -0.741. The summed E-state index contributed by atoms with van der Waals surface area (Å²) in [5, 5.41) is 22.8. The number of aromatic hydroxyl groups is 1. The highest BCUT2D eigenvalue weighted by atomic mass is 19.3.